The van der Waals surface area contributed by atoms with Crippen LogP contribution in [0.4, 0.5) is 14.6 Å². The molecule has 9 nitrogen and oxygen atoms in total. The van der Waals surface area contributed by atoms with Gasteiger partial charge >= 0.3 is 0 Å². The second-order valence-corrected chi connectivity index (χ2v) is 21.7. The Labute approximate surface area is 293 Å². The van der Waals surface area contributed by atoms with Crippen LogP contribution in [-0.4, -0.2) is 70.8 Å². The molecular weight excluding hydrogens is 679 g/mol. The number of fused-ring (bicyclic) bond motifs is 3. The first-order chi connectivity index (χ1) is 23.7. The SMILES string of the molecule is COCOc1cc(-c2nc3c4c(nc(S(C)(=O)=O)nc4c2F)N2CCCC[C@H]2CO3)c2c(C#C[Si](C(C)C)(C(C)C)C(C)C)c(F)ccc2c1. The Hall–Kier alpha value is -3.86. The van der Waals surface area contributed by atoms with E-state index in [0.717, 1.165) is 25.5 Å². The Balaban J connectivity index is 1.71. The molecule has 4 heterocycles. The van der Waals surface area contributed by atoms with Crippen LogP contribution in [0.3, 0.4) is 0 Å². The van der Waals surface area contributed by atoms with Crippen molar-refractivity contribution in [1.82, 2.24) is 15.0 Å². The maximum Gasteiger partial charge on any atom is 0.249 e. The second-order valence-electron chi connectivity index (χ2n) is 14.2. The van der Waals surface area contributed by atoms with Gasteiger partial charge < -0.3 is 19.1 Å². The van der Waals surface area contributed by atoms with Crippen molar-refractivity contribution in [3.8, 4) is 34.4 Å². The zero-order valence-electron chi connectivity index (χ0n) is 29.9. The van der Waals surface area contributed by atoms with Gasteiger partial charge in [-0.15, -0.1) is 5.54 Å². The van der Waals surface area contributed by atoms with E-state index in [-0.39, 0.29) is 58.9 Å². The molecule has 266 valence electrons. The topological polar surface area (TPSA) is 104 Å². The average molecular weight is 723 g/mol. The smallest absolute Gasteiger partial charge is 0.249 e. The monoisotopic (exact) mass is 722 g/mol. The third kappa shape index (κ3) is 6.20. The molecule has 0 radical (unpaired) electrons. The summed E-state index contributed by atoms with van der Waals surface area (Å²) < 4.78 is 76.3. The Bertz CT molecular complexity index is 2130. The number of hydrogen-bond acceptors (Lipinski definition) is 9. The van der Waals surface area contributed by atoms with Crippen LogP contribution in [0.5, 0.6) is 11.6 Å². The lowest BCUT2D eigenvalue weighted by atomic mass is 9.95. The lowest BCUT2D eigenvalue weighted by molar-refractivity contribution is 0.0512. The number of halogens is 2. The van der Waals surface area contributed by atoms with Gasteiger partial charge in [0.15, 0.2) is 12.6 Å². The minimum Gasteiger partial charge on any atom is -0.475 e. The van der Waals surface area contributed by atoms with Gasteiger partial charge in [-0.05, 0) is 59.5 Å². The first-order valence-electron chi connectivity index (χ1n) is 17.1. The molecule has 2 aliphatic heterocycles. The van der Waals surface area contributed by atoms with E-state index in [1.54, 1.807) is 18.2 Å². The summed E-state index contributed by atoms with van der Waals surface area (Å²) in [5, 5.41) is 0.607. The number of pyridine rings is 1. The van der Waals surface area contributed by atoms with Crippen LogP contribution < -0.4 is 14.4 Å². The molecule has 6 rings (SSSR count). The number of sulfone groups is 1. The van der Waals surface area contributed by atoms with Crippen LogP contribution >= 0.6 is 0 Å². The fraction of sp³-hybridized carbons (Fsp3) is 0.486. The van der Waals surface area contributed by atoms with Crippen LogP contribution in [0, 0.1) is 23.1 Å². The van der Waals surface area contributed by atoms with Crippen LogP contribution in [0.2, 0.25) is 16.6 Å². The lowest BCUT2D eigenvalue weighted by Gasteiger charge is -2.38. The summed E-state index contributed by atoms with van der Waals surface area (Å²) in [7, 11) is -4.76. The van der Waals surface area contributed by atoms with Crippen LogP contribution in [0.15, 0.2) is 29.4 Å². The van der Waals surface area contributed by atoms with Crippen LogP contribution in [0.25, 0.3) is 32.9 Å². The van der Waals surface area contributed by atoms with Crippen molar-refractivity contribution < 1.29 is 31.4 Å². The number of benzene rings is 2. The van der Waals surface area contributed by atoms with Gasteiger partial charge in [0.25, 0.3) is 0 Å². The minimum atomic E-state index is -3.94. The second kappa shape index (κ2) is 13.7. The molecule has 4 aromatic rings. The summed E-state index contributed by atoms with van der Waals surface area (Å²) in [5.41, 5.74) is 4.40. The van der Waals surface area contributed by atoms with E-state index >= 15 is 8.78 Å². The fourth-order valence-corrected chi connectivity index (χ4v) is 13.6. The van der Waals surface area contributed by atoms with Crippen LogP contribution in [0.1, 0.15) is 66.4 Å². The molecule has 0 amide bonds. The molecule has 13 heteroatoms. The zero-order valence-corrected chi connectivity index (χ0v) is 31.7. The number of rotatable bonds is 8. The standard InChI is InChI=1S/C37H44F2N4O5SSi/c1-21(2)50(22(3)4,23(5)6)16-14-27-29(38)13-12-24-17-26(48-20-46-7)18-28(30(24)27)33-32(39)34-31-35(42-37(41-34)49(8,44)45)43-15-10-9-11-25(43)19-47-36(31)40-33/h12-13,17-18,21-23,25H,9-11,15,19-20H2,1-8H3/t25-/m0/s1. The summed E-state index contributed by atoms with van der Waals surface area (Å²) in [6.45, 7) is 13.9. The fourth-order valence-electron chi connectivity index (χ4n) is 7.92. The van der Waals surface area contributed by atoms with E-state index in [1.807, 2.05) is 4.90 Å². The highest BCUT2D eigenvalue weighted by molar-refractivity contribution is 7.90. The number of ether oxygens (including phenoxy) is 3. The molecule has 0 aliphatic carbocycles. The van der Waals surface area contributed by atoms with Gasteiger partial charge in [0.05, 0.1) is 11.6 Å². The van der Waals surface area contributed by atoms with Crippen molar-refractivity contribution in [2.45, 2.75) is 88.6 Å². The predicted molar refractivity (Wildman–Crippen MR) is 194 cm³/mol. The summed E-state index contributed by atoms with van der Waals surface area (Å²) in [5.74, 6) is 2.52. The van der Waals surface area contributed by atoms with Crippen molar-refractivity contribution >= 4 is 45.4 Å². The number of piperidine rings is 1. The highest BCUT2D eigenvalue weighted by atomic mass is 32.2. The highest BCUT2D eigenvalue weighted by Crippen LogP contribution is 2.45. The maximum atomic E-state index is 17.2. The van der Waals surface area contributed by atoms with Gasteiger partial charge in [-0.1, -0.05) is 53.5 Å². The summed E-state index contributed by atoms with van der Waals surface area (Å²) in [6, 6.07) is 6.15. The molecule has 0 unspecified atom stereocenters. The molecule has 2 aromatic carbocycles. The van der Waals surface area contributed by atoms with Crippen molar-refractivity contribution in [3.63, 3.8) is 0 Å². The Morgan fingerprint density at radius 1 is 1.02 bits per heavy atom. The molecular formula is C37H44F2N4O5SSi. The van der Waals surface area contributed by atoms with E-state index in [1.165, 1.54) is 13.2 Å². The van der Waals surface area contributed by atoms with Gasteiger partial charge in [-0.25, -0.2) is 32.2 Å². The maximum absolute atomic E-state index is 17.2. The largest absolute Gasteiger partial charge is 0.475 e. The van der Waals surface area contributed by atoms with E-state index in [9.17, 15) is 8.42 Å². The van der Waals surface area contributed by atoms with Gasteiger partial charge in [0.1, 0.15) is 48.7 Å². The average Bonchev–Trinajstić information content (AvgIpc) is 3.22. The normalized spacial score (nSPS) is 16.4. The van der Waals surface area contributed by atoms with E-state index < -0.39 is 34.7 Å². The number of aromatic nitrogens is 3. The molecule has 0 spiro atoms. The molecule has 2 aliphatic rings. The molecule has 0 N–H and O–H groups in total. The third-order valence-electron chi connectivity index (χ3n) is 10.3. The van der Waals surface area contributed by atoms with Crippen molar-refractivity contribution in [2.24, 2.45) is 0 Å². The molecule has 2 aromatic heterocycles. The van der Waals surface area contributed by atoms with Crippen molar-refractivity contribution in [3.05, 3.63) is 41.5 Å². The van der Waals surface area contributed by atoms with E-state index in [4.69, 9.17) is 19.2 Å². The molecule has 0 bridgehead atoms. The van der Waals surface area contributed by atoms with Gasteiger partial charge in [-0.2, -0.15) is 0 Å². The third-order valence-corrected chi connectivity index (χ3v) is 17.4. The van der Waals surface area contributed by atoms with Crippen LogP contribution in [-0.2, 0) is 14.6 Å². The lowest BCUT2D eigenvalue weighted by Crippen LogP contribution is -2.43. The number of hydrogen-bond donors (Lipinski definition) is 0. The first-order valence-corrected chi connectivity index (χ1v) is 21.2. The Morgan fingerprint density at radius 3 is 2.40 bits per heavy atom. The van der Waals surface area contributed by atoms with Gasteiger partial charge in [0.2, 0.25) is 20.9 Å². The molecule has 1 fully saturated rings. The summed E-state index contributed by atoms with van der Waals surface area (Å²) >= 11 is 0. The first kappa shape index (κ1) is 35.9. The molecule has 1 saturated heterocycles. The highest BCUT2D eigenvalue weighted by Gasteiger charge is 2.42. The van der Waals surface area contributed by atoms with Gasteiger partial charge in [-0.3, -0.25) is 0 Å². The Morgan fingerprint density at radius 2 is 1.74 bits per heavy atom. The Kier molecular flexibility index (Phi) is 9.84. The number of methoxy groups -OCH3 is 1. The predicted octanol–water partition coefficient (Wildman–Crippen LogP) is 7.83. The van der Waals surface area contributed by atoms with E-state index in [2.05, 4.69) is 63.0 Å². The minimum absolute atomic E-state index is 0.0760. The van der Waals surface area contributed by atoms with Crippen molar-refractivity contribution in [2.75, 3.05) is 38.2 Å². The number of anilines is 1. The molecule has 50 heavy (non-hydrogen) atoms. The molecule has 0 saturated carbocycles. The molecule has 1 atom stereocenters. The summed E-state index contributed by atoms with van der Waals surface area (Å²) in [6.07, 6.45) is 3.62. The van der Waals surface area contributed by atoms with E-state index in [0.29, 0.717) is 39.7 Å². The number of nitrogens with zero attached hydrogens (tertiary/aromatic N) is 4. The zero-order chi connectivity index (χ0) is 36.1. The quantitative estimate of drug-likeness (QED) is 0.0779. The van der Waals surface area contributed by atoms with Gasteiger partial charge in [0, 0.05) is 30.9 Å². The van der Waals surface area contributed by atoms with Crippen molar-refractivity contribution in [1.29, 1.82) is 0 Å². The summed E-state index contributed by atoms with van der Waals surface area (Å²) in [4.78, 5) is 15.4.